The van der Waals surface area contributed by atoms with E-state index in [-0.39, 0.29) is 47.7 Å². The van der Waals surface area contributed by atoms with Crippen LogP contribution in [0.1, 0.15) is 17.5 Å². The zero-order valence-corrected chi connectivity index (χ0v) is 20.3. The van der Waals surface area contributed by atoms with E-state index >= 15 is 0 Å². The first-order chi connectivity index (χ1) is 16.7. The van der Waals surface area contributed by atoms with Crippen LogP contribution in [0.2, 0.25) is 0 Å². The van der Waals surface area contributed by atoms with E-state index in [0.29, 0.717) is 37.4 Å². The molecule has 0 aliphatic carbocycles. The minimum atomic E-state index is -3.87. The lowest BCUT2D eigenvalue weighted by Gasteiger charge is -2.31. The first-order valence-corrected chi connectivity index (χ1v) is 13.1. The number of piperazine rings is 1. The molecular weight excluding hydrogens is 468 g/mol. The van der Waals surface area contributed by atoms with Gasteiger partial charge in [-0.1, -0.05) is 24.3 Å². The summed E-state index contributed by atoms with van der Waals surface area (Å²) in [7, 11) is -3.87. The fourth-order valence-corrected chi connectivity index (χ4v) is 5.57. The topological polar surface area (TPSA) is 171 Å². The number of amidine groups is 1. The van der Waals surface area contributed by atoms with Crippen LogP contribution >= 0.6 is 0 Å². The summed E-state index contributed by atoms with van der Waals surface area (Å²) in [5, 5.41) is 13.5. The van der Waals surface area contributed by atoms with Gasteiger partial charge in [0.1, 0.15) is 5.84 Å². The van der Waals surface area contributed by atoms with E-state index in [2.05, 4.69) is 10.6 Å². The largest absolute Gasteiger partial charge is 0.384 e. The first-order valence-electron chi connectivity index (χ1n) is 11.4. The molecule has 1 saturated heterocycles. The molecule has 35 heavy (non-hydrogen) atoms. The Kier molecular flexibility index (Phi) is 8.96. The summed E-state index contributed by atoms with van der Waals surface area (Å²) in [4.78, 5) is 27.0. The van der Waals surface area contributed by atoms with Crippen LogP contribution in [0.15, 0.2) is 53.4 Å². The number of rotatable bonds is 10. The van der Waals surface area contributed by atoms with Gasteiger partial charge in [-0.05, 0) is 36.2 Å². The summed E-state index contributed by atoms with van der Waals surface area (Å²) in [5.41, 5.74) is 12.6. The molecule has 1 aliphatic rings. The van der Waals surface area contributed by atoms with Gasteiger partial charge in [0, 0.05) is 50.4 Å². The molecular formula is C24H32N6O4S. The smallest absolute Gasteiger partial charge is 0.227 e. The van der Waals surface area contributed by atoms with E-state index in [0.717, 1.165) is 5.56 Å². The van der Waals surface area contributed by atoms with Crippen LogP contribution in [0, 0.1) is 11.3 Å². The SMILES string of the molecule is N=C(N)c1cccc(C[C@H](CS(=O)(=O)c2cccc(NC(=O)CCN)c2)C(=O)N2CCNCC2)c1. The Morgan fingerprint density at radius 3 is 2.51 bits per heavy atom. The van der Waals surface area contributed by atoms with Crippen molar-refractivity contribution in [3.63, 3.8) is 0 Å². The van der Waals surface area contributed by atoms with Crippen molar-refractivity contribution in [3.05, 3.63) is 59.7 Å². The average Bonchev–Trinajstić information content (AvgIpc) is 2.84. The second kappa shape index (κ2) is 11.9. The average molecular weight is 501 g/mol. The monoisotopic (exact) mass is 500 g/mol. The lowest BCUT2D eigenvalue weighted by molar-refractivity contribution is -0.135. The highest BCUT2D eigenvalue weighted by atomic mass is 32.2. The third-order valence-electron chi connectivity index (χ3n) is 5.77. The van der Waals surface area contributed by atoms with Crippen molar-refractivity contribution in [2.45, 2.75) is 17.7 Å². The summed E-state index contributed by atoms with van der Waals surface area (Å²) in [6, 6.07) is 12.9. The Morgan fingerprint density at radius 2 is 1.83 bits per heavy atom. The number of sulfone groups is 1. The highest BCUT2D eigenvalue weighted by Crippen LogP contribution is 2.23. The lowest BCUT2D eigenvalue weighted by atomic mass is 9.97. The summed E-state index contributed by atoms with van der Waals surface area (Å²) in [6.45, 7) is 2.49. The second-order valence-corrected chi connectivity index (χ2v) is 10.5. The summed E-state index contributed by atoms with van der Waals surface area (Å²) >= 11 is 0. The molecule has 11 heteroatoms. The van der Waals surface area contributed by atoms with Crippen molar-refractivity contribution >= 4 is 33.2 Å². The van der Waals surface area contributed by atoms with E-state index in [1.165, 1.54) is 12.1 Å². The van der Waals surface area contributed by atoms with Gasteiger partial charge in [0.25, 0.3) is 0 Å². The summed E-state index contributed by atoms with van der Waals surface area (Å²) < 4.78 is 26.8. The van der Waals surface area contributed by atoms with Crippen molar-refractivity contribution in [3.8, 4) is 0 Å². The number of nitrogens with one attached hydrogen (secondary N) is 3. The minimum Gasteiger partial charge on any atom is -0.384 e. The van der Waals surface area contributed by atoms with Gasteiger partial charge in [0.05, 0.1) is 16.6 Å². The molecule has 2 aromatic carbocycles. The van der Waals surface area contributed by atoms with E-state index in [1.54, 1.807) is 41.3 Å². The maximum atomic E-state index is 13.4. The molecule has 1 fully saturated rings. The number of carbonyl (C=O) groups is 2. The molecule has 2 amide bonds. The molecule has 1 aliphatic heterocycles. The first kappa shape index (κ1) is 26.3. The second-order valence-electron chi connectivity index (χ2n) is 8.49. The van der Waals surface area contributed by atoms with Gasteiger partial charge in [0.15, 0.2) is 9.84 Å². The molecule has 0 aromatic heterocycles. The number of nitrogens with two attached hydrogens (primary N) is 2. The summed E-state index contributed by atoms with van der Waals surface area (Å²) in [5.74, 6) is -1.84. The molecule has 1 heterocycles. The van der Waals surface area contributed by atoms with Gasteiger partial charge in [-0.3, -0.25) is 15.0 Å². The molecule has 0 saturated carbocycles. The summed E-state index contributed by atoms with van der Waals surface area (Å²) in [6.07, 6.45) is 0.313. The number of nitrogen functional groups attached to an aromatic ring is 1. The van der Waals surface area contributed by atoms with E-state index in [4.69, 9.17) is 16.9 Å². The predicted molar refractivity (Wildman–Crippen MR) is 135 cm³/mol. The van der Waals surface area contributed by atoms with Crippen LogP contribution in [0.25, 0.3) is 0 Å². The van der Waals surface area contributed by atoms with E-state index in [1.807, 2.05) is 0 Å². The van der Waals surface area contributed by atoms with Crippen LogP contribution in [0.4, 0.5) is 5.69 Å². The molecule has 0 spiro atoms. The zero-order chi connectivity index (χ0) is 25.4. The Morgan fingerprint density at radius 1 is 1.11 bits per heavy atom. The van der Waals surface area contributed by atoms with E-state index in [9.17, 15) is 18.0 Å². The maximum Gasteiger partial charge on any atom is 0.227 e. The van der Waals surface area contributed by atoms with Crippen molar-refractivity contribution in [1.29, 1.82) is 5.41 Å². The Balaban J connectivity index is 1.87. The number of nitrogens with zero attached hydrogens (tertiary/aromatic N) is 1. The van der Waals surface area contributed by atoms with Gasteiger partial charge in [0.2, 0.25) is 11.8 Å². The molecule has 3 rings (SSSR count). The van der Waals surface area contributed by atoms with Crippen LogP contribution < -0.4 is 22.1 Å². The molecule has 188 valence electrons. The molecule has 0 bridgehead atoms. The van der Waals surface area contributed by atoms with Crippen molar-refractivity contribution in [2.75, 3.05) is 43.8 Å². The molecule has 10 nitrogen and oxygen atoms in total. The molecule has 0 radical (unpaired) electrons. The van der Waals surface area contributed by atoms with Crippen molar-refractivity contribution in [1.82, 2.24) is 10.2 Å². The van der Waals surface area contributed by atoms with E-state index < -0.39 is 15.8 Å². The van der Waals surface area contributed by atoms with Crippen LogP contribution in [-0.4, -0.2) is 69.4 Å². The quantitative estimate of drug-likeness (QED) is 0.231. The Labute approximate surface area is 205 Å². The van der Waals surface area contributed by atoms with Crippen molar-refractivity contribution < 1.29 is 18.0 Å². The molecule has 2 aromatic rings. The van der Waals surface area contributed by atoms with Crippen molar-refractivity contribution in [2.24, 2.45) is 17.4 Å². The number of benzene rings is 2. The highest BCUT2D eigenvalue weighted by Gasteiger charge is 2.31. The van der Waals surface area contributed by atoms with Gasteiger partial charge < -0.3 is 27.0 Å². The number of amides is 2. The Bertz CT molecular complexity index is 1180. The predicted octanol–water partition coefficient (Wildman–Crippen LogP) is 0.322. The molecule has 7 N–H and O–H groups in total. The van der Waals surface area contributed by atoms with Crippen LogP contribution in [-0.2, 0) is 25.8 Å². The number of hydrogen-bond donors (Lipinski definition) is 5. The third kappa shape index (κ3) is 7.35. The standard InChI is InChI=1S/C24H32N6O4S/c25-8-7-22(31)29-20-5-2-6-21(15-20)35(33,34)16-19(24(32)30-11-9-28-10-12-30)14-17-3-1-4-18(13-17)23(26)27/h1-6,13,15,19,28H,7-12,14,16,25H2,(H3,26,27)(H,29,31)/t19-/m1/s1. The van der Waals surface area contributed by atoms with Gasteiger partial charge in [-0.2, -0.15) is 0 Å². The molecule has 1 atom stereocenters. The van der Waals surface area contributed by atoms with Crippen LogP contribution in [0.5, 0.6) is 0 Å². The number of carbonyl (C=O) groups excluding carboxylic acids is 2. The fourth-order valence-electron chi connectivity index (χ4n) is 3.99. The Hall–Kier alpha value is -3.28. The van der Waals surface area contributed by atoms with Crippen LogP contribution in [0.3, 0.4) is 0 Å². The normalized spacial score (nSPS) is 14.8. The highest BCUT2D eigenvalue weighted by molar-refractivity contribution is 7.91. The fraction of sp³-hybridized carbons (Fsp3) is 0.375. The molecule has 0 unspecified atom stereocenters. The number of anilines is 1. The minimum absolute atomic E-state index is 0.0265. The lowest BCUT2D eigenvalue weighted by Crippen LogP contribution is -2.49. The third-order valence-corrected chi connectivity index (χ3v) is 7.58. The number of hydrogen-bond acceptors (Lipinski definition) is 7. The zero-order valence-electron chi connectivity index (χ0n) is 19.5. The van der Waals surface area contributed by atoms with Gasteiger partial charge >= 0.3 is 0 Å². The van der Waals surface area contributed by atoms with Gasteiger partial charge in [-0.15, -0.1) is 0 Å². The maximum absolute atomic E-state index is 13.4. The van der Waals surface area contributed by atoms with Gasteiger partial charge in [-0.25, -0.2) is 8.42 Å².